The highest BCUT2D eigenvalue weighted by molar-refractivity contribution is 7.98. The van der Waals surface area contributed by atoms with E-state index in [4.69, 9.17) is 20.9 Å². The van der Waals surface area contributed by atoms with Gasteiger partial charge in [-0.1, -0.05) is 16.8 Å². The smallest absolute Gasteiger partial charge is 0.341 e. The first-order valence-corrected chi connectivity index (χ1v) is 8.52. The first kappa shape index (κ1) is 16.5. The third-order valence-electron chi connectivity index (χ3n) is 3.08. The van der Waals surface area contributed by atoms with Crippen LogP contribution in [0.25, 0.3) is 11.4 Å². The van der Waals surface area contributed by atoms with E-state index < -0.39 is 5.97 Å². The van der Waals surface area contributed by atoms with Crippen molar-refractivity contribution in [2.75, 3.05) is 6.26 Å². The lowest BCUT2D eigenvalue weighted by Crippen LogP contribution is -2.07. The van der Waals surface area contributed by atoms with E-state index in [1.54, 1.807) is 42.6 Å². The van der Waals surface area contributed by atoms with Crippen LogP contribution in [0.2, 0.25) is 5.02 Å². The fourth-order valence-electron chi connectivity index (χ4n) is 1.94. The molecule has 1 aromatic carbocycles. The third-order valence-corrected chi connectivity index (χ3v) is 4.05. The van der Waals surface area contributed by atoms with E-state index in [-0.39, 0.29) is 12.5 Å². The van der Waals surface area contributed by atoms with Gasteiger partial charge in [0, 0.05) is 16.8 Å². The Morgan fingerprint density at radius 1 is 1.29 bits per heavy atom. The number of pyridine rings is 1. The van der Waals surface area contributed by atoms with Gasteiger partial charge in [0.1, 0.15) is 5.03 Å². The van der Waals surface area contributed by atoms with Gasteiger partial charge in [-0.05, 0) is 42.7 Å². The van der Waals surface area contributed by atoms with E-state index in [1.165, 1.54) is 11.8 Å². The van der Waals surface area contributed by atoms with Crippen molar-refractivity contribution in [3.8, 4) is 11.4 Å². The standard InChI is InChI=1S/C16H12ClN3O3S/c1-24-15-12(3-2-8-18-15)16(21)22-9-13-19-14(20-23-13)10-4-6-11(17)7-5-10/h2-8H,9H2,1H3. The second kappa shape index (κ2) is 7.46. The highest BCUT2D eigenvalue weighted by Gasteiger charge is 2.15. The van der Waals surface area contributed by atoms with Crippen LogP contribution >= 0.6 is 23.4 Å². The summed E-state index contributed by atoms with van der Waals surface area (Å²) >= 11 is 7.22. The van der Waals surface area contributed by atoms with Crippen LogP contribution in [0, 0.1) is 0 Å². The Morgan fingerprint density at radius 3 is 2.83 bits per heavy atom. The molecule has 0 amide bonds. The van der Waals surface area contributed by atoms with Crippen molar-refractivity contribution in [1.82, 2.24) is 15.1 Å². The van der Waals surface area contributed by atoms with Gasteiger partial charge in [-0.25, -0.2) is 9.78 Å². The molecule has 2 aromatic heterocycles. The van der Waals surface area contributed by atoms with E-state index in [1.807, 2.05) is 6.26 Å². The van der Waals surface area contributed by atoms with Crippen molar-refractivity contribution < 1.29 is 14.1 Å². The summed E-state index contributed by atoms with van der Waals surface area (Å²) in [6.45, 7) is -0.109. The Labute approximate surface area is 147 Å². The van der Waals surface area contributed by atoms with Gasteiger partial charge < -0.3 is 9.26 Å². The average molecular weight is 362 g/mol. The molecule has 0 saturated heterocycles. The largest absolute Gasteiger partial charge is 0.452 e. The Hall–Kier alpha value is -2.38. The second-order valence-electron chi connectivity index (χ2n) is 4.65. The molecular formula is C16H12ClN3O3S. The second-order valence-corrected chi connectivity index (χ2v) is 5.89. The van der Waals surface area contributed by atoms with Gasteiger partial charge in [0.05, 0.1) is 5.56 Å². The number of carbonyl (C=O) groups excluding carboxylic acids is 1. The summed E-state index contributed by atoms with van der Waals surface area (Å²) in [7, 11) is 0. The van der Waals surface area contributed by atoms with Crippen molar-refractivity contribution in [1.29, 1.82) is 0 Å². The van der Waals surface area contributed by atoms with Gasteiger partial charge in [-0.3, -0.25) is 0 Å². The molecule has 0 spiro atoms. The quantitative estimate of drug-likeness (QED) is 0.504. The summed E-state index contributed by atoms with van der Waals surface area (Å²) < 4.78 is 10.3. The van der Waals surface area contributed by atoms with Crippen LogP contribution in [0.15, 0.2) is 52.1 Å². The molecule has 0 radical (unpaired) electrons. The predicted octanol–water partition coefficient (Wildman–Crippen LogP) is 3.86. The molecule has 3 aromatic rings. The van der Waals surface area contributed by atoms with E-state index in [9.17, 15) is 4.79 Å². The van der Waals surface area contributed by atoms with Gasteiger partial charge >= 0.3 is 5.97 Å². The van der Waals surface area contributed by atoms with Gasteiger partial charge in [0.2, 0.25) is 5.82 Å². The molecule has 0 aliphatic carbocycles. The zero-order valence-electron chi connectivity index (χ0n) is 12.6. The number of rotatable bonds is 5. The molecule has 0 saturated carbocycles. The fraction of sp³-hybridized carbons (Fsp3) is 0.125. The van der Waals surface area contributed by atoms with Crippen LogP contribution < -0.4 is 0 Å². The Kier molecular flexibility index (Phi) is 5.12. The van der Waals surface area contributed by atoms with Gasteiger partial charge in [0.15, 0.2) is 6.61 Å². The molecule has 122 valence electrons. The first-order chi connectivity index (χ1) is 11.7. The summed E-state index contributed by atoms with van der Waals surface area (Å²) in [5.41, 5.74) is 1.17. The minimum atomic E-state index is -0.487. The van der Waals surface area contributed by atoms with Crippen molar-refractivity contribution in [3.05, 3.63) is 59.1 Å². The van der Waals surface area contributed by atoms with Crippen LogP contribution in [0.1, 0.15) is 16.2 Å². The number of carbonyl (C=O) groups is 1. The number of aromatic nitrogens is 3. The lowest BCUT2D eigenvalue weighted by molar-refractivity contribution is 0.0425. The lowest BCUT2D eigenvalue weighted by atomic mass is 10.2. The number of thioether (sulfide) groups is 1. The van der Waals surface area contributed by atoms with E-state index in [0.29, 0.717) is 21.4 Å². The SMILES string of the molecule is CSc1ncccc1C(=O)OCc1nc(-c2ccc(Cl)cc2)no1. The molecule has 0 aliphatic heterocycles. The molecule has 0 unspecified atom stereocenters. The van der Waals surface area contributed by atoms with Crippen molar-refractivity contribution in [3.63, 3.8) is 0 Å². The maximum absolute atomic E-state index is 12.1. The van der Waals surface area contributed by atoms with Crippen LogP contribution in [0.3, 0.4) is 0 Å². The number of ether oxygens (including phenoxy) is 1. The number of benzene rings is 1. The number of hydrogen-bond donors (Lipinski definition) is 0. The fourth-order valence-corrected chi connectivity index (χ4v) is 2.61. The molecule has 8 heteroatoms. The molecule has 0 fully saturated rings. The molecule has 24 heavy (non-hydrogen) atoms. The van der Waals surface area contributed by atoms with E-state index in [0.717, 1.165) is 5.56 Å². The van der Waals surface area contributed by atoms with Gasteiger partial charge in [-0.2, -0.15) is 4.98 Å². The van der Waals surface area contributed by atoms with E-state index >= 15 is 0 Å². The molecule has 3 rings (SSSR count). The topological polar surface area (TPSA) is 78.1 Å². The van der Waals surface area contributed by atoms with Crippen LogP contribution in [0.4, 0.5) is 0 Å². The number of halogens is 1. The highest BCUT2D eigenvalue weighted by Crippen LogP contribution is 2.20. The highest BCUT2D eigenvalue weighted by atomic mass is 35.5. The maximum atomic E-state index is 12.1. The Bertz CT molecular complexity index is 852. The Morgan fingerprint density at radius 2 is 2.08 bits per heavy atom. The van der Waals surface area contributed by atoms with Crippen molar-refractivity contribution in [2.24, 2.45) is 0 Å². The molecule has 0 N–H and O–H groups in total. The zero-order chi connectivity index (χ0) is 16.9. The lowest BCUT2D eigenvalue weighted by Gasteiger charge is -2.04. The summed E-state index contributed by atoms with van der Waals surface area (Å²) in [6.07, 6.45) is 3.47. The minimum Gasteiger partial charge on any atom is -0.452 e. The molecular weight excluding hydrogens is 350 g/mol. The summed E-state index contributed by atoms with van der Waals surface area (Å²) in [5, 5.41) is 5.09. The van der Waals surface area contributed by atoms with Crippen LogP contribution in [-0.4, -0.2) is 27.3 Å². The van der Waals surface area contributed by atoms with Crippen LogP contribution in [-0.2, 0) is 11.3 Å². The van der Waals surface area contributed by atoms with Gasteiger partial charge in [0.25, 0.3) is 5.89 Å². The minimum absolute atomic E-state index is 0.109. The third kappa shape index (κ3) is 3.74. The average Bonchev–Trinajstić information content (AvgIpc) is 3.09. The summed E-state index contributed by atoms with van der Waals surface area (Å²) in [6, 6.07) is 10.4. The zero-order valence-corrected chi connectivity index (χ0v) is 14.2. The van der Waals surface area contributed by atoms with E-state index in [2.05, 4.69) is 15.1 Å². The monoisotopic (exact) mass is 361 g/mol. The normalized spacial score (nSPS) is 10.6. The Balaban J connectivity index is 1.67. The maximum Gasteiger partial charge on any atom is 0.341 e. The van der Waals surface area contributed by atoms with Gasteiger partial charge in [-0.15, -0.1) is 11.8 Å². The van der Waals surface area contributed by atoms with Crippen LogP contribution in [0.5, 0.6) is 0 Å². The summed E-state index contributed by atoms with van der Waals surface area (Å²) in [4.78, 5) is 20.5. The predicted molar refractivity (Wildman–Crippen MR) is 89.9 cm³/mol. The molecule has 2 heterocycles. The molecule has 6 nitrogen and oxygen atoms in total. The van der Waals surface area contributed by atoms with Crippen molar-refractivity contribution >= 4 is 29.3 Å². The number of hydrogen-bond acceptors (Lipinski definition) is 7. The van der Waals surface area contributed by atoms with Crippen molar-refractivity contribution in [2.45, 2.75) is 11.6 Å². The summed E-state index contributed by atoms with van der Waals surface area (Å²) in [5.74, 6) is 0.130. The number of esters is 1. The number of nitrogens with zero attached hydrogens (tertiary/aromatic N) is 3. The first-order valence-electron chi connectivity index (χ1n) is 6.92. The molecule has 0 bridgehead atoms. The molecule has 0 atom stereocenters. The molecule has 0 aliphatic rings.